The topological polar surface area (TPSA) is 75.1 Å². The van der Waals surface area contributed by atoms with E-state index in [0.29, 0.717) is 11.5 Å². The van der Waals surface area contributed by atoms with Gasteiger partial charge in [0.1, 0.15) is 12.1 Å². The van der Waals surface area contributed by atoms with Crippen LogP contribution in [0.15, 0.2) is 36.7 Å². The molecule has 0 saturated heterocycles. The van der Waals surface area contributed by atoms with Crippen LogP contribution < -0.4 is 5.32 Å². The van der Waals surface area contributed by atoms with Crippen LogP contribution in [0.5, 0.6) is 0 Å². The van der Waals surface area contributed by atoms with Crippen molar-refractivity contribution in [2.24, 2.45) is 0 Å². The second-order valence-electron chi connectivity index (χ2n) is 4.16. The molecule has 2 rings (SSSR count). The minimum atomic E-state index is -0.946. The first-order valence-electron chi connectivity index (χ1n) is 6.10. The summed E-state index contributed by atoms with van der Waals surface area (Å²) in [5.41, 5.74) is 1.91. The van der Waals surface area contributed by atoms with Gasteiger partial charge in [0.25, 0.3) is 0 Å². The van der Waals surface area contributed by atoms with Gasteiger partial charge < -0.3 is 10.4 Å². The van der Waals surface area contributed by atoms with Crippen LogP contribution in [0, 0.1) is 0 Å². The Bertz CT molecular complexity index is 584. The van der Waals surface area contributed by atoms with Gasteiger partial charge >= 0.3 is 5.97 Å². The Morgan fingerprint density at radius 1 is 1.32 bits per heavy atom. The predicted octanol–water partition coefficient (Wildman–Crippen LogP) is 2.87. The molecule has 0 spiro atoms. The lowest BCUT2D eigenvalue weighted by atomic mass is 10.2. The van der Waals surface area contributed by atoms with Crippen molar-refractivity contribution < 1.29 is 9.90 Å². The summed E-state index contributed by atoms with van der Waals surface area (Å²) in [6, 6.07) is 8.49. The molecule has 0 fully saturated rings. The first kappa shape index (κ1) is 13.0. The smallest absolute Gasteiger partial charge is 0.335 e. The van der Waals surface area contributed by atoms with E-state index in [1.165, 1.54) is 6.33 Å². The Morgan fingerprint density at radius 3 is 2.89 bits per heavy atom. The first-order chi connectivity index (χ1) is 9.19. The summed E-state index contributed by atoms with van der Waals surface area (Å²) in [6.07, 6.45) is 3.42. The van der Waals surface area contributed by atoms with E-state index in [9.17, 15) is 4.79 Å². The maximum Gasteiger partial charge on any atom is 0.335 e. The fraction of sp³-hybridized carbons (Fsp3) is 0.214. The molecule has 1 heterocycles. The van der Waals surface area contributed by atoms with Gasteiger partial charge in [-0.05, 0) is 24.6 Å². The van der Waals surface area contributed by atoms with Crippen molar-refractivity contribution in [1.82, 2.24) is 9.97 Å². The van der Waals surface area contributed by atoms with Crippen molar-refractivity contribution in [2.75, 3.05) is 5.32 Å². The van der Waals surface area contributed by atoms with Gasteiger partial charge in [-0.3, -0.25) is 0 Å². The van der Waals surface area contributed by atoms with Crippen molar-refractivity contribution in [2.45, 2.75) is 19.8 Å². The second kappa shape index (κ2) is 5.95. The number of benzene rings is 1. The largest absolute Gasteiger partial charge is 0.478 e. The highest BCUT2D eigenvalue weighted by Gasteiger charge is 2.04. The number of aromatic nitrogens is 2. The van der Waals surface area contributed by atoms with Crippen LogP contribution in [-0.4, -0.2) is 21.0 Å². The summed E-state index contributed by atoms with van der Waals surface area (Å²) in [5, 5.41) is 12.0. The number of hydrogen-bond acceptors (Lipinski definition) is 4. The molecule has 19 heavy (non-hydrogen) atoms. The number of carboxylic acids is 1. The highest BCUT2D eigenvalue weighted by Crippen LogP contribution is 2.16. The van der Waals surface area contributed by atoms with Gasteiger partial charge in [0.2, 0.25) is 0 Å². The van der Waals surface area contributed by atoms with E-state index in [0.717, 1.165) is 18.5 Å². The summed E-state index contributed by atoms with van der Waals surface area (Å²) in [4.78, 5) is 19.2. The van der Waals surface area contributed by atoms with Crippen molar-refractivity contribution in [1.29, 1.82) is 0 Å². The third-order valence-electron chi connectivity index (χ3n) is 2.61. The zero-order valence-electron chi connectivity index (χ0n) is 10.6. The minimum Gasteiger partial charge on any atom is -0.478 e. The Kier molecular flexibility index (Phi) is 4.07. The van der Waals surface area contributed by atoms with Crippen LogP contribution in [0.25, 0.3) is 0 Å². The van der Waals surface area contributed by atoms with Gasteiger partial charge in [0, 0.05) is 17.4 Å². The molecule has 0 saturated carbocycles. The maximum atomic E-state index is 10.9. The van der Waals surface area contributed by atoms with E-state index in [2.05, 4.69) is 22.2 Å². The number of anilines is 2. The molecule has 2 N–H and O–H groups in total. The first-order valence-corrected chi connectivity index (χ1v) is 6.10. The van der Waals surface area contributed by atoms with Crippen LogP contribution in [0.3, 0.4) is 0 Å². The number of carbonyl (C=O) groups is 1. The molecular formula is C14H15N3O2. The number of nitrogens with one attached hydrogen (secondary N) is 1. The molecule has 0 amide bonds. The van der Waals surface area contributed by atoms with E-state index in [-0.39, 0.29) is 5.56 Å². The lowest BCUT2D eigenvalue weighted by molar-refractivity contribution is 0.0697. The van der Waals surface area contributed by atoms with Crippen molar-refractivity contribution in [3.05, 3.63) is 47.9 Å². The van der Waals surface area contributed by atoms with E-state index >= 15 is 0 Å². The standard InChI is InChI=1S/C14H15N3O2/c1-2-4-11-8-13(16-9-15-11)17-12-6-3-5-10(7-12)14(18)19/h3,5-9H,2,4H2,1H3,(H,18,19)(H,15,16,17). The van der Waals surface area contributed by atoms with E-state index in [1.54, 1.807) is 24.3 Å². The Labute approximate surface area is 111 Å². The predicted molar refractivity (Wildman–Crippen MR) is 72.7 cm³/mol. The number of carboxylic acid groups (broad SMARTS) is 1. The van der Waals surface area contributed by atoms with Gasteiger partial charge in [-0.1, -0.05) is 19.4 Å². The van der Waals surface area contributed by atoms with Crippen LogP contribution in [0.2, 0.25) is 0 Å². The zero-order valence-corrected chi connectivity index (χ0v) is 10.6. The monoisotopic (exact) mass is 257 g/mol. The minimum absolute atomic E-state index is 0.243. The summed E-state index contributed by atoms with van der Waals surface area (Å²) < 4.78 is 0. The van der Waals surface area contributed by atoms with Gasteiger partial charge in [-0.2, -0.15) is 0 Å². The third kappa shape index (κ3) is 3.51. The van der Waals surface area contributed by atoms with Gasteiger partial charge in [-0.25, -0.2) is 14.8 Å². The molecule has 5 heteroatoms. The Morgan fingerprint density at radius 2 is 2.16 bits per heavy atom. The quantitative estimate of drug-likeness (QED) is 0.861. The lowest BCUT2D eigenvalue weighted by Gasteiger charge is -2.07. The molecule has 0 bridgehead atoms. The molecule has 1 aromatic heterocycles. The fourth-order valence-corrected chi connectivity index (χ4v) is 1.74. The average Bonchev–Trinajstić information content (AvgIpc) is 2.40. The second-order valence-corrected chi connectivity index (χ2v) is 4.16. The zero-order chi connectivity index (χ0) is 13.7. The third-order valence-corrected chi connectivity index (χ3v) is 2.61. The van der Waals surface area contributed by atoms with Crippen LogP contribution in [-0.2, 0) is 6.42 Å². The van der Waals surface area contributed by atoms with Crippen molar-refractivity contribution in [3.63, 3.8) is 0 Å². The van der Waals surface area contributed by atoms with Crippen LogP contribution >= 0.6 is 0 Å². The summed E-state index contributed by atoms with van der Waals surface area (Å²) in [6.45, 7) is 2.09. The molecule has 0 unspecified atom stereocenters. The molecule has 2 aromatic rings. The number of aromatic carboxylic acids is 1. The normalized spacial score (nSPS) is 10.2. The summed E-state index contributed by atoms with van der Waals surface area (Å²) in [7, 11) is 0. The maximum absolute atomic E-state index is 10.9. The molecule has 1 aromatic carbocycles. The van der Waals surface area contributed by atoms with Gasteiger partial charge in [0.15, 0.2) is 0 Å². The van der Waals surface area contributed by atoms with Crippen LogP contribution in [0.1, 0.15) is 29.4 Å². The number of aryl methyl sites for hydroxylation is 1. The van der Waals surface area contributed by atoms with Crippen molar-refractivity contribution >= 4 is 17.5 Å². The number of nitrogens with zero attached hydrogens (tertiary/aromatic N) is 2. The Hall–Kier alpha value is -2.43. The highest BCUT2D eigenvalue weighted by molar-refractivity contribution is 5.89. The molecule has 0 aliphatic heterocycles. The van der Waals surface area contributed by atoms with Gasteiger partial charge in [-0.15, -0.1) is 0 Å². The van der Waals surface area contributed by atoms with Crippen molar-refractivity contribution in [3.8, 4) is 0 Å². The van der Waals surface area contributed by atoms with E-state index in [1.807, 2.05) is 6.07 Å². The molecule has 0 aliphatic rings. The van der Waals surface area contributed by atoms with E-state index < -0.39 is 5.97 Å². The highest BCUT2D eigenvalue weighted by atomic mass is 16.4. The molecular weight excluding hydrogens is 242 g/mol. The molecule has 0 radical (unpaired) electrons. The fourth-order valence-electron chi connectivity index (χ4n) is 1.74. The lowest BCUT2D eigenvalue weighted by Crippen LogP contribution is -2.00. The molecule has 0 aliphatic carbocycles. The van der Waals surface area contributed by atoms with Crippen LogP contribution in [0.4, 0.5) is 11.5 Å². The average molecular weight is 257 g/mol. The number of hydrogen-bond donors (Lipinski definition) is 2. The molecule has 98 valence electrons. The molecule has 0 atom stereocenters. The Balaban J connectivity index is 2.18. The summed E-state index contributed by atoms with van der Waals surface area (Å²) >= 11 is 0. The summed E-state index contributed by atoms with van der Waals surface area (Å²) in [5.74, 6) is -0.279. The number of rotatable bonds is 5. The SMILES string of the molecule is CCCc1cc(Nc2cccc(C(=O)O)c2)ncn1. The van der Waals surface area contributed by atoms with E-state index in [4.69, 9.17) is 5.11 Å². The van der Waals surface area contributed by atoms with Gasteiger partial charge in [0.05, 0.1) is 5.56 Å². The molecule has 5 nitrogen and oxygen atoms in total.